The number of rotatable bonds is 2. The van der Waals surface area contributed by atoms with Gasteiger partial charge >= 0.3 is 0 Å². The minimum atomic E-state index is 0.0437. The van der Waals surface area contributed by atoms with E-state index in [4.69, 9.17) is 5.11 Å². The van der Waals surface area contributed by atoms with Crippen molar-refractivity contribution in [2.45, 2.75) is 39.7 Å². The van der Waals surface area contributed by atoms with Gasteiger partial charge in [0.2, 0.25) is 0 Å². The van der Waals surface area contributed by atoms with Gasteiger partial charge < -0.3 is 5.11 Å². The van der Waals surface area contributed by atoms with E-state index in [1.54, 1.807) is 0 Å². The summed E-state index contributed by atoms with van der Waals surface area (Å²) in [6.07, 6.45) is 0. The van der Waals surface area contributed by atoms with Crippen LogP contribution in [-0.2, 0) is 12.0 Å². The quantitative estimate of drug-likeness (QED) is 0.884. The zero-order valence-corrected chi connectivity index (χ0v) is 12.1. The molecule has 0 amide bonds. The number of nitrogens with zero attached hydrogens (tertiary/aromatic N) is 1. The van der Waals surface area contributed by atoms with Crippen LogP contribution in [0.3, 0.4) is 0 Å². The van der Waals surface area contributed by atoms with Gasteiger partial charge in [-0.25, -0.2) is 0 Å². The van der Waals surface area contributed by atoms with Crippen molar-refractivity contribution in [3.63, 3.8) is 0 Å². The van der Waals surface area contributed by atoms with Crippen molar-refractivity contribution in [1.82, 2.24) is 4.98 Å². The van der Waals surface area contributed by atoms with Crippen LogP contribution in [0.4, 0.5) is 0 Å². The average molecular weight is 255 g/mol. The summed E-state index contributed by atoms with van der Waals surface area (Å²) in [6.45, 7) is 8.60. The van der Waals surface area contributed by atoms with E-state index in [0.717, 1.165) is 22.5 Å². The first-order valence-corrected chi connectivity index (χ1v) is 6.60. The highest BCUT2D eigenvalue weighted by Crippen LogP contribution is 2.25. The number of aliphatic hydroxyl groups is 1. The van der Waals surface area contributed by atoms with E-state index in [-0.39, 0.29) is 12.0 Å². The van der Waals surface area contributed by atoms with Gasteiger partial charge in [-0.3, -0.25) is 4.98 Å². The monoisotopic (exact) mass is 255 g/mol. The first kappa shape index (κ1) is 13.8. The highest BCUT2D eigenvalue weighted by molar-refractivity contribution is 5.60. The van der Waals surface area contributed by atoms with Crippen LogP contribution in [0.5, 0.6) is 0 Å². The zero-order valence-electron chi connectivity index (χ0n) is 12.1. The van der Waals surface area contributed by atoms with E-state index in [0.29, 0.717) is 0 Å². The molecule has 1 heterocycles. The summed E-state index contributed by atoms with van der Waals surface area (Å²) >= 11 is 0. The number of aryl methyl sites for hydroxylation is 1. The molecule has 0 bridgehead atoms. The van der Waals surface area contributed by atoms with Gasteiger partial charge in [0.05, 0.1) is 12.3 Å². The van der Waals surface area contributed by atoms with E-state index in [9.17, 15) is 0 Å². The van der Waals surface area contributed by atoms with E-state index in [1.165, 1.54) is 5.56 Å². The van der Waals surface area contributed by atoms with E-state index >= 15 is 0 Å². The van der Waals surface area contributed by atoms with Crippen LogP contribution in [0.2, 0.25) is 0 Å². The molecule has 0 aliphatic rings. The van der Waals surface area contributed by atoms with Crippen LogP contribution in [-0.4, -0.2) is 10.1 Å². The third kappa shape index (κ3) is 3.02. The fraction of sp³-hybridized carbons (Fsp3) is 0.353. The van der Waals surface area contributed by atoms with Crippen LogP contribution in [0.1, 0.15) is 37.6 Å². The molecule has 1 aromatic heterocycles. The minimum absolute atomic E-state index is 0.0437. The Balaban J connectivity index is 2.35. The Labute approximate surface area is 115 Å². The predicted octanol–water partition coefficient (Wildman–Crippen LogP) is 3.85. The van der Waals surface area contributed by atoms with Crippen LogP contribution in [0, 0.1) is 6.92 Å². The minimum Gasteiger partial charge on any atom is -0.392 e. The standard InChI is InChI=1S/C17H21NO/c1-12-14(11-19)7-10-16(18-12)13-5-8-15(9-6-13)17(2,3)4/h5-10,19H,11H2,1-4H3. The molecule has 0 fully saturated rings. The number of aromatic nitrogens is 1. The summed E-state index contributed by atoms with van der Waals surface area (Å²) < 4.78 is 0. The maximum absolute atomic E-state index is 9.17. The van der Waals surface area contributed by atoms with Crippen LogP contribution in [0.15, 0.2) is 36.4 Å². The van der Waals surface area contributed by atoms with Gasteiger partial charge in [0.15, 0.2) is 0 Å². The largest absolute Gasteiger partial charge is 0.392 e. The molecular weight excluding hydrogens is 234 g/mol. The van der Waals surface area contributed by atoms with Crippen molar-refractivity contribution in [2.24, 2.45) is 0 Å². The van der Waals surface area contributed by atoms with Gasteiger partial charge in [-0.2, -0.15) is 0 Å². The van der Waals surface area contributed by atoms with Gasteiger partial charge in [0, 0.05) is 11.3 Å². The van der Waals surface area contributed by atoms with Gasteiger partial charge in [-0.05, 0) is 29.5 Å². The molecular formula is C17H21NO. The lowest BCUT2D eigenvalue weighted by Crippen LogP contribution is -2.10. The van der Waals surface area contributed by atoms with Crippen molar-refractivity contribution in [3.8, 4) is 11.3 Å². The number of aliphatic hydroxyl groups excluding tert-OH is 1. The SMILES string of the molecule is Cc1nc(-c2ccc(C(C)(C)C)cc2)ccc1CO. The van der Waals surface area contributed by atoms with Crippen LogP contribution < -0.4 is 0 Å². The molecule has 1 aromatic carbocycles. The maximum atomic E-state index is 9.17. The first-order chi connectivity index (χ1) is 8.91. The predicted molar refractivity (Wildman–Crippen MR) is 79.0 cm³/mol. The fourth-order valence-corrected chi connectivity index (χ4v) is 2.06. The summed E-state index contributed by atoms with van der Waals surface area (Å²) in [5.74, 6) is 0. The third-order valence-electron chi connectivity index (χ3n) is 3.41. The van der Waals surface area contributed by atoms with E-state index in [1.807, 2.05) is 19.1 Å². The normalized spacial score (nSPS) is 11.6. The topological polar surface area (TPSA) is 33.1 Å². The Kier molecular flexibility index (Phi) is 3.72. The molecule has 0 radical (unpaired) electrons. The molecule has 0 unspecified atom stereocenters. The molecule has 19 heavy (non-hydrogen) atoms. The van der Waals surface area contributed by atoms with Gasteiger partial charge in [-0.1, -0.05) is 51.1 Å². The summed E-state index contributed by atoms with van der Waals surface area (Å²) in [6, 6.07) is 12.4. The number of hydrogen-bond acceptors (Lipinski definition) is 2. The number of pyridine rings is 1. The molecule has 100 valence electrons. The lowest BCUT2D eigenvalue weighted by atomic mass is 9.86. The Morgan fingerprint density at radius 2 is 1.63 bits per heavy atom. The Morgan fingerprint density at radius 3 is 2.11 bits per heavy atom. The third-order valence-corrected chi connectivity index (χ3v) is 3.41. The van der Waals surface area contributed by atoms with Gasteiger partial charge in [-0.15, -0.1) is 0 Å². The van der Waals surface area contributed by atoms with Crippen molar-refractivity contribution >= 4 is 0 Å². The number of hydrogen-bond donors (Lipinski definition) is 1. The highest BCUT2D eigenvalue weighted by atomic mass is 16.3. The second kappa shape index (κ2) is 5.14. The molecule has 2 heteroatoms. The molecule has 2 nitrogen and oxygen atoms in total. The van der Waals surface area contributed by atoms with E-state index < -0.39 is 0 Å². The Bertz CT molecular complexity index is 565. The summed E-state index contributed by atoms with van der Waals surface area (Å²) in [5.41, 5.74) is 5.33. The molecule has 0 saturated heterocycles. The average Bonchev–Trinajstić information content (AvgIpc) is 2.38. The summed E-state index contributed by atoms with van der Waals surface area (Å²) in [7, 11) is 0. The van der Waals surface area contributed by atoms with Crippen molar-refractivity contribution in [3.05, 3.63) is 53.2 Å². The van der Waals surface area contributed by atoms with Gasteiger partial charge in [0.25, 0.3) is 0 Å². The summed E-state index contributed by atoms with van der Waals surface area (Å²) in [4.78, 5) is 4.55. The lowest BCUT2D eigenvalue weighted by molar-refractivity contribution is 0.280. The Hall–Kier alpha value is -1.67. The second-order valence-electron chi connectivity index (χ2n) is 5.93. The molecule has 1 N–H and O–H groups in total. The first-order valence-electron chi connectivity index (χ1n) is 6.60. The molecule has 0 aliphatic carbocycles. The molecule has 2 aromatic rings. The molecule has 0 atom stereocenters. The maximum Gasteiger partial charge on any atom is 0.0705 e. The smallest absolute Gasteiger partial charge is 0.0705 e. The molecule has 0 spiro atoms. The highest BCUT2D eigenvalue weighted by Gasteiger charge is 2.13. The van der Waals surface area contributed by atoms with Crippen molar-refractivity contribution in [1.29, 1.82) is 0 Å². The molecule has 0 aliphatic heterocycles. The molecule has 2 rings (SSSR count). The van der Waals surface area contributed by atoms with Gasteiger partial charge in [0.1, 0.15) is 0 Å². The fourth-order valence-electron chi connectivity index (χ4n) is 2.06. The second-order valence-corrected chi connectivity index (χ2v) is 5.93. The Morgan fingerprint density at radius 1 is 1.00 bits per heavy atom. The van der Waals surface area contributed by atoms with Crippen LogP contribution in [0.25, 0.3) is 11.3 Å². The van der Waals surface area contributed by atoms with Crippen molar-refractivity contribution in [2.75, 3.05) is 0 Å². The van der Waals surface area contributed by atoms with E-state index in [2.05, 4.69) is 50.0 Å². The molecule has 0 saturated carbocycles. The summed E-state index contributed by atoms with van der Waals surface area (Å²) in [5, 5.41) is 9.17. The zero-order chi connectivity index (χ0) is 14.0. The lowest BCUT2D eigenvalue weighted by Gasteiger charge is -2.19. The van der Waals surface area contributed by atoms with Crippen LogP contribution >= 0.6 is 0 Å². The van der Waals surface area contributed by atoms with Crippen molar-refractivity contribution < 1.29 is 5.11 Å². The number of benzene rings is 1.